The van der Waals surface area contributed by atoms with Crippen LogP contribution in [-0.4, -0.2) is 14.1 Å². The summed E-state index contributed by atoms with van der Waals surface area (Å²) < 4.78 is 4.39. The average molecular weight is 548 g/mol. The maximum atomic E-state index is 10.5. The Labute approximate surface area is 245 Å². The highest BCUT2D eigenvalue weighted by molar-refractivity contribution is 6.31. The zero-order valence-electron chi connectivity index (χ0n) is 22.8. The SMILES string of the molecule is N#Cc1ccccc1-n1c2ccccc2c2c3[nH]c4c(ccc5c4c4ccccc4n5-c4ccccc4)c3cc(C#N)c21. The number of hydrogen-bond acceptors (Lipinski definition) is 2. The number of aromatic nitrogens is 3. The van der Waals surface area contributed by atoms with Crippen LogP contribution in [0, 0.1) is 22.7 Å². The van der Waals surface area contributed by atoms with Gasteiger partial charge >= 0.3 is 0 Å². The van der Waals surface area contributed by atoms with Gasteiger partial charge in [-0.25, -0.2) is 0 Å². The second kappa shape index (κ2) is 8.60. The van der Waals surface area contributed by atoms with Gasteiger partial charge in [0.15, 0.2) is 0 Å². The van der Waals surface area contributed by atoms with E-state index < -0.39 is 0 Å². The van der Waals surface area contributed by atoms with Gasteiger partial charge in [-0.15, -0.1) is 0 Å². The molecular formula is C38H21N5. The molecule has 1 N–H and O–H groups in total. The zero-order valence-corrected chi connectivity index (χ0v) is 22.8. The second-order valence-electron chi connectivity index (χ2n) is 10.9. The van der Waals surface area contributed by atoms with Gasteiger partial charge in [-0.2, -0.15) is 10.5 Å². The molecule has 0 amide bonds. The van der Waals surface area contributed by atoms with Gasteiger partial charge in [0.25, 0.3) is 0 Å². The predicted octanol–water partition coefficient (Wildman–Crippen LogP) is 9.26. The third-order valence-electron chi connectivity index (χ3n) is 8.72. The number of nitrogens with one attached hydrogen (secondary N) is 1. The van der Waals surface area contributed by atoms with Crippen LogP contribution in [0.3, 0.4) is 0 Å². The first-order valence-corrected chi connectivity index (χ1v) is 14.2. The van der Waals surface area contributed by atoms with Gasteiger partial charge in [-0.1, -0.05) is 72.8 Å². The van der Waals surface area contributed by atoms with Crippen molar-refractivity contribution in [1.29, 1.82) is 10.5 Å². The number of nitriles is 2. The molecule has 0 spiro atoms. The van der Waals surface area contributed by atoms with E-state index in [1.54, 1.807) is 0 Å². The second-order valence-corrected chi connectivity index (χ2v) is 10.9. The fraction of sp³-hybridized carbons (Fsp3) is 0. The minimum Gasteiger partial charge on any atom is -0.353 e. The number of rotatable bonds is 2. The van der Waals surface area contributed by atoms with Gasteiger partial charge in [-0.05, 0) is 48.5 Å². The number of aromatic amines is 1. The molecule has 9 rings (SSSR count). The summed E-state index contributed by atoms with van der Waals surface area (Å²) in [5.74, 6) is 0. The van der Waals surface area contributed by atoms with Crippen molar-refractivity contribution in [2.24, 2.45) is 0 Å². The smallest absolute Gasteiger partial charge is 0.101 e. The number of hydrogen-bond donors (Lipinski definition) is 1. The van der Waals surface area contributed by atoms with Gasteiger partial charge in [0, 0.05) is 38.0 Å². The number of fused-ring (bicyclic) bond motifs is 11. The summed E-state index contributed by atoms with van der Waals surface area (Å²) in [5, 5.41) is 26.9. The average Bonchev–Trinajstić information content (AvgIpc) is 3.72. The number of H-pyrrole nitrogens is 1. The summed E-state index contributed by atoms with van der Waals surface area (Å²) in [7, 11) is 0. The fourth-order valence-corrected chi connectivity index (χ4v) is 7.00. The molecule has 0 saturated carbocycles. The van der Waals surface area contributed by atoms with E-state index in [1.807, 2.05) is 48.5 Å². The first-order chi connectivity index (χ1) is 21.3. The van der Waals surface area contributed by atoms with Crippen LogP contribution in [0.15, 0.2) is 121 Å². The molecular weight excluding hydrogens is 526 g/mol. The van der Waals surface area contributed by atoms with Crippen LogP contribution in [0.4, 0.5) is 0 Å². The third kappa shape index (κ3) is 3.03. The molecule has 9 aromatic rings. The molecule has 0 saturated heterocycles. The van der Waals surface area contributed by atoms with E-state index in [1.165, 1.54) is 5.39 Å². The highest BCUT2D eigenvalue weighted by atomic mass is 15.0. The third-order valence-corrected chi connectivity index (χ3v) is 8.72. The number of para-hydroxylation sites is 4. The molecule has 0 unspecified atom stereocenters. The number of nitrogens with zero attached hydrogens (tertiary/aromatic N) is 4. The molecule has 198 valence electrons. The first kappa shape index (κ1) is 23.4. The molecule has 0 fully saturated rings. The Morgan fingerprint density at radius 3 is 1.88 bits per heavy atom. The standard InChI is InChI=1S/C38H21N5/c39-21-23-10-4-7-15-30(23)43-32-17-9-6-14-28(32)35-37-29(20-24(22-40)38(35)43)26-18-19-33-34(36(26)41-37)27-13-5-8-16-31(27)42(33)25-11-2-1-3-12-25/h1-20,41H. The van der Waals surface area contributed by atoms with Crippen LogP contribution in [-0.2, 0) is 0 Å². The Kier molecular flexibility index (Phi) is 4.68. The van der Waals surface area contributed by atoms with Crippen molar-refractivity contribution < 1.29 is 0 Å². The predicted molar refractivity (Wildman–Crippen MR) is 174 cm³/mol. The molecule has 0 radical (unpaired) electrons. The lowest BCUT2D eigenvalue weighted by molar-refractivity contribution is 1.16. The summed E-state index contributed by atoms with van der Waals surface area (Å²) in [5.41, 5.74) is 9.04. The van der Waals surface area contributed by atoms with E-state index in [-0.39, 0.29) is 0 Å². The molecule has 3 heterocycles. The van der Waals surface area contributed by atoms with Crippen LogP contribution in [0.5, 0.6) is 0 Å². The summed E-state index contributed by atoms with van der Waals surface area (Å²) in [6, 6.07) is 46.0. The maximum Gasteiger partial charge on any atom is 0.101 e. The number of benzene rings is 6. The van der Waals surface area contributed by atoms with Gasteiger partial charge < -0.3 is 14.1 Å². The van der Waals surface area contributed by atoms with Gasteiger partial charge in [0.05, 0.1) is 49.9 Å². The summed E-state index contributed by atoms with van der Waals surface area (Å²) in [4.78, 5) is 3.86. The Morgan fingerprint density at radius 1 is 0.488 bits per heavy atom. The van der Waals surface area contributed by atoms with Gasteiger partial charge in [-0.3, -0.25) is 0 Å². The molecule has 0 aliphatic heterocycles. The maximum absolute atomic E-state index is 10.5. The van der Waals surface area contributed by atoms with Gasteiger partial charge in [0.2, 0.25) is 0 Å². The Balaban J connectivity index is 1.50. The van der Waals surface area contributed by atoms with Crippen LogP contribution >= 0.6 is 0 Å². The van der Waals surface area contributed by atoms with E-state index in [0.29, 0.717) is 11.1 Å². The van der Waals surface area contributed by atoms with Crippen molar-refractivity contribution in [1.82, 2.24) is 14.1 Å². The van der Waals surface area contributed by atoms with E-state index >= 15 is 0 Å². The van der Waals surface area contributed by atoms with Crippen molar-refractivity contribution in [3.8, 4) is 23.5 Å². The van der Waals surface area contributed by atoms with E-state index in [2.05, 4.69) is 99.1 Å². The highest BCUT2D eigenvalue weighted by Crippen LogP contribution is 2.44. The Bertz CT molecular complexity index is 2690. The largest absolute Gasteiger partial charge is 0.353 e. The van der Waals surface area contributed by atoms with Crippen LogP contribution in [0.2, 0.25) is 0 Å². The lowest BCUT2D eigenvalue weighted by atomic mass is 10.0. The molecule has 5 nitrogen and oxygen atoms in total. The zero-order chi connectivity index (χ0) is 28.7. The van der Waals surface area contributed by atoms with Crippen molar-refractivity contribution in [3.05, 3.63) is 132 Å². The van der Waals surface area contributed by atoms with Crippen LogP contribution < -0.4 is 0 Å². The molecule has 0 aliphatic carbocycles. The Morgan fingerprint density at radius 2 is 1.12 bits per heavy atom. The van der Waals surface area contributed by atoms with Crippen LogP contribution in [0.25, 0.3) is 76.8 Å². The summed E-state index contributed by atoms with van der Waals surface area (Å²) in [6.45, 7) is 0. The lowest BCUT2D eigenvalue weighted by Crippen LogP contribution is -1.98. The Hall–Kier alpha value is -6.30. The quantitative estimate of drug-likeness (QED) is 0.234. The van der Waals surface area contributed by atoms with Crippen LogP contribution in [0.1, 0.15) is 11.1 Å². The summed E-state index contributed by atoms with van der Waals surface area (Å²) in [6.07, 6.45) is 0. The molecule has 3 aromatic heterocycles. The monoisotopic (exact) mass is 547 g/mol. The normalized spacial score (nSPS) is 11.7. The minimum absolute atomic E-state index is 0.557. The molecule has 0 atom stereocenters. The van der Waals surface area contributed by atoms with Crippen molar-refractivity contribution in [2.75, 3.05) is 0 Å². The minimum atomic E-state index is 0.557. The molecule has 43 heavy (non-hydrogen) atoms. The van der Waals surface area contributed by atoms with E-state index in [0.717, 1.165) is 71.4 Å². The first-order valence-electron chi connectivity index (χ1n) is 14.2. The fourth-order valence-electron chi connectivity index (χ4n) is 7.00. The van der Waals surface area contributed by atoms with E-state index in [4.69, 9.17) is 0 Å². The topological polar surface area (TPSA) is 73.2 Å². The summed E-state index contributed by atoms with van der Waals surface area (Å²) >= 11 is 0. The van der Waals surface area contributed by atoms with Crippen molar-refractivity contribution in [3.63, 3.8) is 0 Å². The molecule has 0 bridgehead atoms. The van der Waals surface area contributed by atoms with E-state index in [9.17, 15) is 10.5 Å². The lowest BCUT2D eigenvalue weighted by Gasteiger charge is -2.10. The molecule has 5 heteroatoms. The van der Waals surface area contributed by atoms with Crippen molar-refractivity contribution >= 4 is 65.4 Å². The molecule has 0 aliphatic rings. The van der Waals surface area contributed by atoms with Gasteiger partial charge in [0.1, 0.15) is 12.1 Å². The van der Waals surface area contributed by atoms with Crippen molar-refractivity contribution in [2.45, 2.75) is 0 Å². The highest BCUT2D eigenvalue weighted by Gasteiger charge is 2.23. The molecule has 6 aromatic carbocycles.